The summed E-state index contributed by atoms with van der Waals surface area (Å²) in [5.74, 6) is -2.47. The molecular formula is C28H42F6N4O2S2. The summed E-state index contributed by atoms with van der Waals surface area (Å²) in [7, 11) is 0. The Hall–Kier alpha value is -1.44. The predicted octanol–water partition coefficient (Wildman–Crippen LogP) is 7.77. The second-order valence-electron chi connectivity index (χ2n) is 12.0. The number of rotatable bonds is 6. The minimum absolute atomic E-state index is 0.0444. The van der Waals surface area contributed by atoms with E-state index in [1.54, 1.807) is 0 Å². The van der Waals surface area contributed by atoms with E-state index < -0.39 is 33.7 Å². The second kappa shape index (κ2) is 14.1. The highest BCUT2D eigenvalue weighted by Gasteiger charge is 2.45. The van der Waals surface area contributed by atoms with Crippen LogP contribution in [0.15, 0.2) is 9.98 Å². The lowest BCUT2D eigenvalue weighted by Crippen LogP contribution is -2.34. The number of nitrogens with one attached hydrogen (secondary N) is 2. The molecule has 4 rings (SSSR count). The first-order valence-electron chi connectivity index (χ1n) is 14.8. The molecule has 2 aliphatic carbocycles. The average Bonchev–Trinajstić information content (AvgIpc) is 3.32. The molecule has 0 radical (unpaired) electrons. The van der Waals surface area contributed by atoms with Crippen molar-refractivity contribution in [2.45, 2.75) is 139 Å². The van der Waals surface area contributed by atoms with Crippen molar-refractivity contribution in [1.82, 2.24) is 10.6 Å². The molecular weight excluding hydrogens is 602 g/mol. The topological polar surface area (TPSA) is 82.9 Å². The Morgan fingerprint density at radius 2 is 0.976 bits per heavy atom. The summed E-state index contributed by atoms with van der Waals surface area (Å²) in [5, 5.41) is 6.69. The van der Waals surface area contributed by atoms with Crippen molar-refractivity contribution in [2.24, 2.45) is 21.8 Å². The number of carbonyl (C=O) groups excluding carboxylic acids is 2. The van der Waals surface area contributed by atoms with Crippen LogP contribution >= 0.6 is 23.5 Å². The van der Waals surface area contributed by atoms with Crippen molar-refractivity contribution < 1.29 is 35.9 Å². The number of amides is 2. The monoisotopic (exact) mass is 644 g/mol. The maximum absolute atomic E-state index is 12.6. The number of carbonyl (C=O) groups is 2. The third kappa shape index (κ3) is 9.28. The van der Waals surface area contributed by atoms with E-state index in [1.165, 1.54) is 23.5 Å². The zero-order chi connectivity index (χ0) is 31.3. The highest BCUT2D eigenvalue weighted by molar-refractivity contribution is 8.16. The Morgan fingerprint density at radius 1 is 0.667 bits per heavy atom. The Labute approximate surface area is 252 Å². The van der Waals surface area contributed by atoms with E-state index in [0.717, 1.165) is 25.7 Å². The van der Waals surface area contributed by atoms with Gasteiger partial charge in [0.15, 0.2) is 10.3 Å². The van der Waals surface area contributed by atoms with Crippen molar-refractivity contribution in [3.05, 3.63) is 0 Å². The van der Waals surface area contributed by atoms with Crippen LogP contribution in [0.1, 0.15) is 105 Å². The lowest BCUT2D eigenvalue weighted by atomic mass is 9.86. The molecule has 240 valence electrons. The van der Waals surface area contributed by atoms with E-state index >= 15 is 0 Å². The van der Waals surface area contributed by atoms with Crippen LogP contribution in [-0.2, 0) is 9.59 Å². The molecule has 2 aliphatic heterocycles. The number of nitrogens with zero attached hydrogens (tertiary/aromatic N) is 2. The van der Waals surface area contributed by atoms with Gasteiger partial charge in [0, 0.05) is 0 Å². The number of aliphatic imine (C=N–C) groups is 2. The largest absolute Gasteiger partial charge is 0.391 e. The van der Waals surface area contributed by atoms with Crippen LogP contribution in [0, 0.1) is 11.8 Å². The molecule has 2 heterocycles. The number of amidine groups is 2. The first-order valence-corrected chi connectivity index (χ1v) is 16.4. The Morgan fingerprint density at radius 3 is 1.24 bits per heavy atom. The Balaban J connectivity index is 0.000000230. The first-order chi connectivity index (χ1) is 19.5. The van der Waals surface area contributed by atoms with Gasteiger partial charge in [0.25, 0.3) is 0 Å². The summed E-state index contributed by atoms with van der Waals surface area (Å²) in [6.45, 7) is 7.82. The van der Waals surface area contributed by atoms with Crippen molar-refractivity contribution >= 4 is 45.7 Å². The first kappa shape index (κ1) is 35.0. The van der Waals surface area contributed by atoms with Gasteiger partial charge in [0.1, 0.15) is 0 Å². The normalized spacial score (nSPS) is 36.0. The van der Waals surface area contributed by atoms with Gasteiger partial charge in [-0.25, -0.2) is 0 Å². The summed E-state index contributed by atoms with van der Waals surface area (Å²) in [6, 6.07) is -0.203. The lowest BCUT2D eigenvalue weighted by molar-refractivity contribution is -0.183. The molecule has 0 spiro atoms. The summed E-state index contributed by atoms with van der Waals surface area (Å²) in [5.41, 5.74) is 0. The summed E-state index contributed by atoms with van der Waals surface area (Å²) in [6.07, 6.45) is -2.54. The van der Waals surface area contributed by atoms with Crippen molar-refractivity contribution in [3.8, 4) is 0 Å². The molecule has 0 aromatic rings. The standard InChI is InChI=1S/2C14H21F3N2OS/c2*1-3-8-13(2)11(20)19-12(21-13)18-10-6-4-9(5-7-10)14(15,16)17/h2*9-10H,3-8H2,1-2H3,(H,18,19,20)/t2*9?,10?,13-/m10/s1. The molecule has 0 bridgehead atoms. The van der Waals surface area contributed by atoms with Crippen LogP contribution in [0.4, 0.5) is 26.3 Å². The van der Waals surface area contributed by atoms with Gasteiger partial charge in [0.2, 0.25) is 11.8 Å². The second-order valence-corrected chi connectivity index (χ2v) is 15.0. The van der Waals surface area contributed by atoms with Crippen LogP contribution in [0.3, 0.4) is 0 Å². The minimum atomic E-state index is -4.09. The van der Waals surface area contributed by atoms with Gasteiger partial charge in [-0.05, 0) is 78.1 Å². The van der Waals surface area contributed by atoms with E-state index in [9.17, 15) is 35.9 Å². The zero-order valence-electron chi connectivity index (χ0n) is 24.6. The third-order valence-electron chi connectivity index (χ3n) is 8.42. The molecule has 2 atom stereocenters. The van der Waals surface area contributed by atoms with Crippen LogP contribution in [-0.4, -0.2) is 56.1 Å². The van der Waals surface area contributed by atoms with Crippen molar-refractivity contribution in [2.75, 3.05) is 0 Å². The van der Waals surface area contributed by atoms with Gasteiger partial charge >= 0.3 is 12.4 Å². The van der Waals surface area contributed by atoms with Gasteiger partial charge in [-0.2, -0.15) is 26.3 Å². The molecule has 14 heteroatoms. The SMILES string of the molecule is CCC[C@@]1(C)SC(=NC2CCC(C(F)(F)F)CC2)NC1=O.CCC[C@]1(C)SC(=NC2CCC(C(F)(F)F)CC2)NC1=O. The smallest absolute Gasteiger partial charge is 0.304 e. The molecule has 4 aliphatic rings. The number of hydrogen-bond donors (Lipinski definition) is 2. The minimum Gasteiger partial charge on any atom is -0.304 e. The van der Waals surface area contributed by atoms with Crippen LogP contribution in [0.5, 0.6) is 0 Å². The molecule has 42 heavy (non-hydrogen) atoms. The summed E-state index contributed by atoms with van der Waals surface area (Å²) >= 11 is 2.83. The molecule has 4 fully saturated rings. The lowest BCUT2D eigenvalue weighted by Gasteiger charge is -2.28. The molecule has 2 N–H and O–H groups in total. The molecule has 2 saturated carbocycles. The maximum atomic E-state index is 12.6. The fourth-order valence-corrected chi connectivity index (χ4v) is 8.27. The summed E-state index contributed by atoms with van der Waals surface area (Å²) < 4.78 is 74.7. The number of alkyl halides is 6. The van der Waals surface area contributed by atoms with Crippen molar-refractivity contribution in [3.63, 3.8) is 0 Å². The van der Waals surface area contributed by atoms with Gasteiger partial charge < -0.3 is 10.6 Å². The molecule has 0 aromatic heterocycles. The fourth-order valence-electron chi connectivity index (χ4n) is 5.83. The predicted molar refractivity (Wildman–Crippen MR) is 157 cm³/mol. The summed E-state index contributed by atoms with van der Waals surface area (Å²) in [4.78, 5) is 32.8. The molecule has 0 unspecified atom stereocenters. The van der Waals surface area contributed by atoms with Gasteiger partial charge in [-0.15, -0.1) is 0 Å². The van der Waals surface area contributed by atoms with Gasteiger partial charge in [-0.3, -0.25) is 19.6 Å². The quantitative estimate of drug-likeness (QED) is 0.290. The van der Waals surface area contributed by atoms with E-state index in [0.29, 0.717) is 36.0 Å². The Kier molecular flexibility index (Phi) is 11.8. The van der Waals surface area contributed by atoms with E-state index in [-0.39, 0.29) is 49.6 Å². The molecule has 2 saturated heterocycles. The van der Waals surface area contributed by atoms with E-state index in [4.69, 9.17) is 0 Å². The number of halogens is 6. The molecule has 0 aromatic carbocycles. The third-order valence-corrected chi connectivity index (χ3v) is 10.9. The van der Waals surface area contributed by atoms with Crippen LogP contribution < -0.4 is 10.6 Å². The van der Waals surface area contributed by atoms with E-state index in [1.807, 2.05) is 27.7 Å². The average molecular weight is 645 g/mol. The number of hydrogen-bond acceptors (Lipinski definition) is 6. The zero-order valence-corrected chi connectivity index (χ0v) is 26.2. The molecule has 6 nitrogen and oxygen atoms in total. The molecule has 2 amide bonds. The highest BCUT2D eigenvalue weighted by Crippen LogP contribution is 2.41. The van der Waals surface area contributed by atoms with E-state index in [2.05, 4.69) is 20.6 Å². The van der Waals surface area contributed by atoms with Crippen LogP contribution in [0.25, 0.3) is 0 Å². The van der Waals surface area contributed by atoms with Gasteiger partial charge in [-0.1, -0.05) is 50.2 Å². The van der Waals surface area contributed by atoms with Crippen molar-refractivity contribution in [1.29, 1.82) is 0 Å². The Bertz CT molecular complexity index is 941. The highest BCUT2D eigenvalue weighted by atomic mass is 32.2. The maximum Gasteiger partial charge on any atom is 0.391 e. The fraction of sp³-hybridized carbons (Fsp3) is 0.857. The van der Waals surface area contributed by atoms with Crippen LogP contribution in [0.2, 0.25) is 0 Å². The van der Waals surface area contributed by atoms with Gasteiger partial charge in [0.05, 0.1) is 33.4 Å². The number of thioether (sulfide) groups is 2.